The molecule has 0 saturated heterocycles. The molecule has 2 N–H and O–H groups in total. The summed E-state index contributed by atoms with van der Waals surface area (Å²) in [6, 6.07) is 0. The normalized spacial score (nSPS) is 16.2. The fourth-order valence-electron chi connectivity index (χ4n) is 2.64. The van der Waals surface area contributed by atoms with Gasteiger partial charge in [0.1, 0.15) is 6.54 Å². The highest BCUT2D eigenvalue weighted by atomic mass is 16.5. The maximum Gasteiger partial charge on any atom is 0.323 e. The highest BCUT2D eigenvalue weighted by molar-refractivity contribution is 5.66. The van der Waals surface area contributed by atoms with Gasteiger partial charge in [-0.05, 0) is 12.8 Å². The number of carboxylic acid groups (broad SMARTS) is 1. The van der Waals surface area contributed by atoms with Crippen LogP contribution in [0.4, 0.5) is 5.82 Å². The first-order chi connectivity index (χ1) is 10.7. The Morgan fingerprint density at radius 2 is 2.09 bits per heavy atom. The zero-order valence-corrected chi connectivity index (χ0v) is 12.7. The van der Waals surface area contributed by atoms with E-state index in [0.717, 1.165) is 17.4 Å². The van der Waals surface area contributed by atoms with Crippen molar-refractivity contribution in [3.63, 3.8) is 0 Å². The van der Waals surface area contributed by atoms with E-state index in [1.165, 1.54) is 38.1 Å². The molecule has 1 aromatic rings. The third kappa shape index (κ3) is 5.14. The van der Waals surface area contributed by atoms with Crippen molar-refractivity contribution < 1.29 is 14.6 Å². The summed E-state index contributed by atoms with van der Waals surface area (Å²) in [5, 5.41) is 11.7. The SMILES string of the molecule is O=C(O)Cn1ccnc(NCCOC2CCCCCC2)c1=O. The van der Waals surface area contributed by atoms with Crippen LogP contribution >= 0.6 is 0 Å². The van der Waals surface area contributed by atoms with Crippen molar-refractivity contribution in [1.29, 1.82) is 0 Å². The third-order valence-electron chi connectivity index (χ3n) is 3.77. The van der Waals surface area contributed by atoms with Crippen molar-refractivity contribution in [2.45, 2.75) is 51.2 Å². The second-order valence-corrected chi connectivity index (χ2v) is 5.51. The molecule has 0 bridgehead atoms. The van der Waals surface area contributed by atoms with E-state index in [9.17, 15) is 9.59 Å². The van der Waals surface area contributed by atoms with Gasteiger partial charge in [0.15, 0.2) is 5.82 Å². The molecule has 0 spiro atoms. The Kier molecular flexibility index (Phi) is 6.39. The number of carbonyl (C=O) groups is 1. The average molecular weight is 309 g/mol. The molecule has 1 fully saturated rings. The molecule has 7 nitrogen and oxygen atoms in total. The summed E-state index contributed by atoms with van der Waals surface area (Å²) in [7, 11) is 0. The van der Waals surface area contributed by atoms with Crippen molar-refractivity contribution in [3.8, 4) is 0 Å². The molecule has 1 heterocycles. The summed E-state index contributed by atoms with van der Waals surface area (Å²) in [4.78, 5) is 26.6. The van der Waals surface area contributed by atoms with Gasteiger partial charge in [0.25, 0.3) is 5.56 Å². The molecule has 1 saturated carbocycles. The first-order valence-corrected chi connectivity index (χ1v) is 7.79. The summed E-state index contributed by atoms with van der Waals surface area (Å²) in [6.07, 6.45) is 10.3. The van der Waals surface area contributed by atoms with Gasteiger partial charge in [-0.3, -0.25) is 14.2 Å². The van der Waals surface area contributed by atoms with Crippen molar-refractivity contribution in [2.24, 2.45) is 0 Å². The van der Waals surface area contributed by atoms with E-state index >= 15 is 0 Å². The van der Waals surface area contributed by atoms with Crippen LogP contribution in [-0.4, -0.2) is 39.9 Å². The van der Waals surface area contributed by atoms with Crippen LogP contribution in [0.1, 0.15) is 38.5 Å². The van der Waals surface area contributed by atoms with Gasteiger partial charge >= 0.3 is 5.97 Å². The molecule has 2 rings (SSSR count). The van der Waals surface area contributed by atoms with E-state index < -0.39 is 11.5 Å². The number of anilines is 1. The fourth-order valence-corrected chi connectivity index (χ4v) is 2.64. The van der Waals surface area contributed by atoms with Gasteiger partial charge in [0.2, 0.25) is 0 Å². The fraction of sp³-hybridized carbons (Fsp3) is 0.667. The molecule has 1 aliphatic rings. The van der Waals surface area contributed by atoms with Gasteiger partial charge in [-0.1, -0.05) is 25.7 Å². The molecule has 1 aliphatic carbocycles. The molecule has 0 atom stereocenters. The largest absolute Gasteiger partial charge is 0.480 e. The summed E-state index contributed by atoms with van der Waals surface area (Å²) in [6.45, 7) is 0.629. The second kappa shape index (κ2) is 8.53. The Balaban J connectivity index is 1.79. The summed E-state index contributed by atoms with van der Waals surface area (Å²) in [5.41, 5.74) is -0.431. The Morgan fingerprint density at radius 3 is 2.77 bits per heavy atom. The lowest BCUT2D eigenvalue weighted by atomic mass is 10.1. The maximum absolute atomic E-state index is 12.0. The minimum absolute atomic E-state index is 0.160. The number of aliphatic carboxylic acids is 1. The summed E-state index contributed by atoms with van der Waals surface area (Å²) < 4.78 is 6.94. The Labute approximate surface area is 129 Å². The molecule has 0 radical (unpaired) electrons. The monoisotopic (exact) mass is 309 g/mol. The van der Waals surface area contributed by atoms with E-state index in [0.29, 0.717) is 19.3 Å². The minimum Gasteiger partial charge on any atom is -0.480 e. The van der Waals surface area contributed by atoms with Crippen LogP contribution in [0.2, 0.25) is 0 Å². The molecule has 1 aromatic heterocycles. The topological polar surface area (TPSA) is 93.4 Å². The van der Waals surface area contributed by atoms with E-state index in [2.05, 4.69) is 10.3 Å². The van der Waals surface area contributed by atoms with Crippen LogP contribution in [0.5, 0.6) is 0 Å². The van der Waals surface area contributed by atoms with Crippen molar-refractivity contribution in [2.75, 3.05) is 18.5 Å². The molecule has 22 heavy (non-hydrogen) atoms. The highest BCUT2D eigenvalue weighted by Crippen LogP contribution is 2.19. The Bertz CT molecular complexity index is 536. The van der Waals surface area contributed by atoms with Crippen molar-refractivity contribution in [3.05, 3.63) is 22.7 Å². The number of rotatable bonds is 7. The van der Waals surface area contributed by atoms with E-state index in [1.807, 2.05) is 0 Å². The number of aromatic nitrogens is 2. The molecule has 0 unspecified atom stereocenters. The zero-order chi connectivity index (χ0) is 15.8. The third-order valence-corrected chi connectivity index (χ3v) is 3.77. The Hall–Kier alpha value is -1.89. The smallest absolute Gasteiger partial charge is 0.323 e. The molecule has 0 amide bonds. The predicted molar refractivity (Wildman–Crippen MR) is 82.1 cm³/mol. The van der Waals surface area contributed by atoms with Crippen molar-refractivity contribution >= 4 is 11.8 Å². The molecule has 7 heteroatoms. The van der Waals surface area contributed by atoms with E-state index in [1.54, 1.807) is 0 Å². The number of ether oxygens (including phenoxy) is 1. The van der Waals surface area contributed by atoms with Gasteiger partial charge in [-0.2, -0.15) is 0 Å². The van der Waals surface area contributed by atoms with Crippen LogP contribution in [0.3, 0.4) is 0 Å². The highest BCUT2D eigenvalue weighted by Gasteiger charge is 2.12. The maximum atomic E-state index is 12.0. The van der Waals surface area contributed by atoms with Crippen LogP contribution < -0.4 is 10.9 Å². The number of hydrogen-bond donors (Lipinski definition) is 2. The lowest BCUT2D eigenvalue weighted by Crippen LogP contribution is -2.28. The number of nitrogens with one attached hydrogen (secondary N) is 1. The number of carboxylic acids is 1. The van der Waals surface area contributed by atoms with E-state index in [4.69, 9.17) is 9.84 Å². The molecule has 0 aliphatic heterocycles. The first-order valence-electron chi connectivity index (χ1n) is 7.79. The van der Waals surface area contributed by atoms with Crippen LogP contribution in [-0.2, 0) is 16.1 Å². The lowest BCUT2D eigenvalue weighted by Gasteiger charge is -2.15. The molecular weight excluding hydrogens is 286 g/mol. The predicted octanol–water partition coefficient (Wildman–Crippen LogP) is 1.48. The second-order valence-electron chi connectivity index (χ2n) is 5.51. The zero-order valence-electron chi connectivity index (χ0n) is 12.7. The minimum atomic E-state index is -1.06. The number of hydrogen-bond acceptors (Lipinski definition) is 5. The first kappa shape index (κ1) is 16.5. The standard InChI is InChI=1S/C15H23N3O4/c19-13(20)11-18-9-7-16-14(15(18)21)17-8-10-22-12-5-3-1-2-4-6-12/h7,9,12H,1-6,8,10-11H2,(H,16,17)(H,19,20). The molecular formula is C15H23N3O4. The Morgan fingerprint density at radius 1 is 1.36 bits per heavy atom. The quantitative estimate of drug-likeness (QED) is 0.585. The van der Waals surface area contributed by atoms with Crippen LogP contribution in [0.15, 0.2) is 17.2 Å². The summed E-state index contributed by atoms with van der Waals surface area (Å²) in [5.74, 6) is -0.899. The van der Waals surface area contributed by atoms with Gasteiger partial charge < -0.3 is 15.2 Å². The lowest BCUT2D eigenvalue weighted by molar-refractivity contribution is -0.137. The number of nitrogens with zero attached hydrogens (tertiary/aromatic N) is 2. The van der Waals surface area contributed by atoms with Gasteiger partial charge in [0.05, 0.1) is 12.7 Å². The van der Waals surface area contributed by atoms with Crippen molar-refractivity contribution in [1.82, 2.24) is 9.55 Å². The van der Waals surface area contributed by atoms with Crippen LogP contribution in [0.25, 0.3) is 0 Å². The molecule has 0 aromatic carbocycles. The van der Waals surface area contributed by atoms with Gasteiger partial charge in [-0.15, -0.1) is 0 Å². The molecule has 122 valence electrons. The summed E-state index contributed by atoms with van der Waals surface area (Å²) >= 11 is 0. The van der Waals surface area contributed by atoms with Gasteiger partial charge in [0, 0.05) is 18.9 Å². The van der Waals surface area contributed by atoms with Crippen LogP contribution in [0, 0.1) is 0 Å². The van der Waals surface area contributed by atoms with Gasteiger partial charge in [-0.25, -0.2) is 4.98 Å². The van der Waals surface area contributed by atoms with E-state index in [-0.39, 0.29) is 12.4 Å². The average Bonchev–Trinajstić information content (AvgIpc) is 2.75.